The summed E-state index contributed by atoms with van der Waals surface area (Å²) in [5.74, 6) is 0.554. The molecule has 1 fully saturated rings. The van der Waals surface area contributed by atoms with Crippen LogP contribution in [0.2, 0.25) is 0 Å². The Kier molecular flexibility index (Phi) is 2.51. The summed E-state index contributed by atoms with van der Waals surface area (Å²) in [6, 6.07) is 6.23. The Morgan fingerprint density at radius 2 is 2.00 bits per heavy atom. The van der Waals surface area contributed by atoms with Gasteiger partial charge in [-0.3, -0.25) is 4.79 Å². The zero-order chi connectivity index (χ0) is 11.0. The molecule has 0 saturated heterocycles. The first kappa shape index (κ1) is 10.2. The van der Waals surface area contributed by atoms with Crippen molar-refractivity contribution in [3.8, 4) is 0 Å². The molecule has 2 heteroatoms. The van der Waals surface area contributed by atoms with Crippen LogP contribution in [0.15, 0.2) is 18.2 Å². The fourth-order valence-electron chi connectivity index (χ4n) is 1.80. The number of anilines is 1. The van der Waals surface area contributed by atoms with Gasteiger partial charge in [0.15, 0.2) is 0 Å². The molecule has 0 heterocycles. The van der Waals surface area contributed by atoms with Crippen LogP contribution in [-0.4, -0.2) is 13.0 Å². The fraction of sp³-hybridized carbons (Fsp3) is 0.462. The summed E-state index contributed by atoms with van der Waals surface area (Å²) in [5, 5.41) is 0. The van der Waals surface area contributed by atoms with Gasteiger partial charge in [0.1, 0.15) is 0 Å². The molecule has 1 aliphatic rings. The summed E-state index contributed by atoms with van der Waals surface area (Å²) in [6.07, 6.45) is 2.13. The van der Waals surface area contributed by atoms with E-state index in [2.05, 4.69) is 25.1 Å². The van der Waals surface area contributed by atoms with Crippen LogP contribution in [0, 0.1) is 19.8 Å². The van der Waals surface area contributed by atoms with Gasteiger partial charge < -0.3 is 4.90 Å². The van der Waals surface area contributed by atoms with Gasteiger partial charge in [-0.15, -0.1) is 0 Å². The maximum absolute atomic E-state index is 11.9. The Hall–Kier alpha value is -1.31. The maximum atomic E-state index is 11.9. The number of nitrogens with zero attached hydrogens (tertiary/aromatic N) is 1. The van der Waals surface area contributed by atoms with E-state index in [1.807, 2.05) is 14.0 Å². The second kappa shape index (κ2) is 3.69. The molecule has 0 atom stereocenters. The predicted octanol–water partition coefficient (Wildman–Crippen LogP) is 2.68. The van der Waals surface area contributed by atoms with E-state index < -0.39 is 0 Å². The molecule has 2 nitrogen and oxygen atoms in total. The Labute approximate surface area is 90.9 Å². The molecule has 1 aromatic carbocycles. The Balaban J connectivity index is 2.27. The van der Waals surface area contributed by atoms with Crippen LogP contribution in [0.4, 0.5) is 5.69 Å². The SMILES string of the molecule is Cc1ccc(C)c(N(C)C(=O)C2CC2)c1. The number of carbonyl (C=O) groups excluding carboxylic acids is 1. The largest absolute Gasteiger partial charge is 0.315 e. The lowest BCUT2D eigenvalue weighted by Crippen LogP contribution is -2.28. The number of benzene rings is 1. The van der Waals surface area contributed by atoms with E-state index in [9.17, 15) is 4.79 Å². The monoisotopic (exact) mass is 203 g/mol. The number of carbonyl (C=O) groups is 1. The summed E-state index contributed by atoms with van der Waals surface area (Å²) in [4.78, 5) is 13.7. The molecule has 2 rings (SSSR count). The summed E-state index contributed by atoms with van der Waals surface area (Å²) in [5.41, 5.74) is 3.41. The van der Waals surface area contributed by atoms with Gasteiger partial charge in [-0.25, -0.2) is 0 Å². The van der Waals surface area contributed by atoms with Crippen molar-refractivity contribution in [3.05, 3.63) is 29.3 Å². The zero-order valence-corrected chi connectivity index (χ0v) is 9.58. The first-order chi connectivity index (χ1) is 7.09. The quantitative estimate of drug-likeness (QED) is 0.723. The first-order valence-corrected chi connectivity index (χ1v) is 5.44. The molecule has 0 unspecified atom stereocenters. The molecule has 0 radical (unpaired) electrons. The van der Waals surface area contributed by atoms with E-state index in [0.29, 0.717) is 0 Å². The summed E-state index contributed by atoms with van der Waals surface area (Å²) < 4.78 is 0. The third kappa shape index (κ3) is 2.04. The van der Waals surface area contributed by atoms with Crippen molar-refractivity contribution in [3.63, 3.8) is 0 Å². The topological polar surface area (TPSA) is 20.3 Å². The van der Waals surface area contributed by atoms with Crippen molar-refractivity contribution in [2.24, 2.45) is 5.92 Å². The van der Waals surface area contributed by atoms with E-state index in [1.165, 1.54) is 5.56 Å². The molecular formula is C13H17NO. The number of amides is 1. The molecule has 1 amide bonds. The van der Waals surface area contributed by atoms with Gasteiger partial charge in [0.25, 0.3) is 0 Å². The van der Waals surface area contributed by atoms with Crippen molar-refractivity contribution in [2.75, 3.05) is 11.9 Å². The number of rotatable bonds is 2. The lowest BCUT2D eigenvalue weighted by atomic mass is 10.1. The minimum atomic E-state index is 0.267. The van der Waals surface area contributed by atoms with Crippen LogP contribution in [-0.2, 0) is 4.79 Å². The molecule has 80 valence electrons. The smallest absolute Gasteiger partial charge is 0.229 e. The van der Waals surface area contributed by atoms with E-state index in [4.69, 9.17) is 0 Å². The Morgan fingerprint density at radius 3 is 2.60 bits per heavy atom. The highest BCUT2D eigenvalue weighted by Crippen LogP contribution is 2.33. The van der Waals surface area contributed by atoms with Gasteiger partial charge >= 0.3 is 0 Å². The second-order valence-electron chi connectivity index (χ2n) is 4.46. The Bertz CT molecular complexity index is 394. The molecule has 0 aromatic heterocycles. The van der Waals surface area contributed by atoms with Crippen molar-refractivity contribution in [1.82, 2.24) is 0 Å². The third-order valence-electron chi connectivity index (χ3n) is 2.98. The van der Waals surface area contributed by atoms with Gasteiger partial charge in [-0.05, 0) is 43.9 Å². The van der Waals surface area contributed by atoms with E-state index in [-0.39, 0.29) is 11.8 Å². The van der Waals surface area contributed by atoms with Gasteiger partial charge in [0.2, 0.25) is 5.91 Å². The molecule has 0 N–H and O–H groups in total. The molecule has 1 aromatic rings. The lowest BCUT2D eigenvalue weighted by molar-refractivity contribution is -0.119. The summed E-state index contributed by atoms with van der Waals surface area (Å²) >= 11 is 0. The Morgan fingerprint density at radius 1 is 1.33 bits per heavy atom. The van der Waals surface area contributed by atoms with Crippen LogP contribution in [0.5, 0.6) is 0 Å². The third-order valence-corrected chi connectivity index (χ3v) is 2.98. The lowest BCUT2D eigenvalue weighted by Gasteiger charge is -2.20. The van der Waals surface area contributed by atoms with E-state index in [1.54, 1.807) is 4.90 Å². The van der Waals surface area contributed by atoms with Gasteiger partial charge in [0, 0.05) is 18.7 Å². The minimum absolute atomic E-state index is 0.267. The van der Waals surface area contributed by atoms with Crippen molar-refractivity contribution >= 4 is 11.6 Å². The number of aryl methyl sites for hydroxylation is 2. The fourth-order valence-corrected chi connectivity index (χ4v) is 1.80. The molecule has 15 heavy (non-hydrogen) atoms. The number of hydrogen-bond acceptors (Lipinski definition) is 1. The van der Waals surface area contributed by atoms with Crippen LogP contribution in [0.1, 0.15) is 24.0 Å². The van der Waals surface area contributed by atoms with Crippen molar-refractivity contribution in [1.29, 1.82) is 0 Å². The highest BCUT2D eigenvalue weighted by atomic mass is 16.2. The second-order valence-corrected chi connectivity index (χ2v) is 4.46. The molecule has 1 saturated carbocycles. The van der Waals surface area contributed by atoms with Crippen LogP contribution < -0.4 is 4.90 Å². The molecule has 0 spiro atoms. The molecular weight excluding hydrogens is 186 g/mol. The van der Waals surface area contributed by atoms with Crippen LogP contribution >= 0.6 is 0 Å². The highest BCUT2D eigenvalue weighted by Gasteiger charge is 2.32. The zero-order valence-electron chi connectivity index (χ0n) is 9.58. The average molecular weight is 203 g/mol. The van der Waals surface area contributed by atoms with Crippen molar-refractivity contribution < 1.29 is 4.79 Å². The highest BCUT2D eigenvalue weighted by molar-refractivity contribution is 5.96. The van der Waals surface area contributed by atoms with Gasteiger partial charge in [0.05, 0.1) is 0 Å². The summed E-state index contributed by atoms with van der Waals surface area (Å²) in [6.45, 7) is 4.10. The van der Waals surface area contributed by atoms with Crippen molar-refractivity contribution in [2.45, 2.75) is 26.7 Å². The molecule has 0 bridgehead atoms. The maximum Gasteiger partial charge on any atom is 0.229 e. The van der Waals surface area contributed by atoms with Crippen LogP contribution in [0.25, 0.3) is 0 Å². The normalized spacial score (nSPS) is 15.1. The van der Waals surface area contributed by atoms with Crippen LogP contribution in [0.3, 0.4) is 0 Å². The van der Waals surface area contributed by atoms with Gasteiger partial charge in [-0.1, -0.05) is 12.1 Å². The molecule has 1 aliphatic carbocycles. The standard InChI is InChI=1S/C13H17NO/c1-9-4-5-10(2)12(8-9)14(3)13(15)11-6-7-11/h4-5,8,11H,6-7H2,1-3H3. The predicted molar refractivity (Wildman–Crippen MR) is 62.1 cm³/mol. The molecule has 0 aliphatic heterocycles. The first-order valence-electron chi connectivity index (χ1n) is 5.44. The number of hydrogen-bond donors (Lipinski definition) is 0. The minimum Gasteiger partial charge on any atom is -0.315 e. The summed E-state index contributed by atoms with van der Waals surface area (Å²) in [7, 11) is 1.88. The average Bonchev–Trinajstić information content (AvgIpc) is 3.03. The van der Waals surface area contributed by atoms with E-state index >= 15 is 0 Å². The van der Waals surface area contributed by atoms with E-state index in [0.717, 1.165) is 24.1 Å². The van der Waals surface area contributed by atoms with Gasteiger partial charge in [-0.2, -0.15) is 0 Å².